The van der Waals surface area contributed by atoms with Crippen molar-refractivity contribution in [3.05, 3.63) is 53.7 Å². The summed E-state index contributed by atoms with van der Waals surface area (Å²) in [5.74, 6) is 0.294. The standard InChI is InChI=1S/C19H21FN4O2/c20-15-6-7-16(14(11-15)12-21)23-19(25)22-13-17(18-5-4-10-26-18)24-8-2-1-3-9-24/h4-7,10-11,17H,1-3,8-9,13H2,(H2,22,23,25). The summed E-state index contributed by atoms with van der Waals surface area (Å²) in [6.07, 6.45) is 5.11. The zero-order valence-electron chi connectivity index (χ0n) is 14.4. The van der Waals surface area contributed by atoms with Gasteiger partial charge in [0, 0.05) is 6.54 Å². The topological polar surface area (TPSA) is 81.3 Å². The molecular formula is C19H21FN4O2. The predicted octanol–water partition coefficient (Wildman–Crippen LogP) is 3.64. The van der Waals surface area contributed by atoms with Gasteiger partial charge in [0.25, 0.3) is 0 Å². The molecule has 2 amide bonds. The third kappa shape index (κ3) is 4.41. The molecule has 0 radical (unpaired) electrons. The monoisotopic (exact) mass is 356 g/mol. The maximum atomic E-state index is 13.2. The Labute approximate surface area is 151 Å². The minimum Gasteiger partial charge on any atom is -0.468 e. The van der Waals surface area contributed by atoms with Crippen LogP contribution in [0, 0.1) is 17.1 Å². The van der Waals surface area contributed by atoms with Gasteiger partial charge in [0.05, 0.1) is 23.6 Å². The highest BCUT2D eigenvalue weighted by molar-refractivity contribution is 5.90. The molecule has 7 heteroatoms. The van der Waals surface area contributed by atoms with Crippen LogP contribution in [0.2, 0.25) is 0 Å². The molecule has 0 spiro atoms. The number of urea groups is 1. The largest absolute Gasteiger partial charge is 0.468 e. The Balaban J connectivity index is 1.63. The van der Waals surface area contributed by atoms with Crippen molar-refractivity contribution in [2.24, 2.45) is 0 Å². The number of amides is 2. The Bertz CT molecular complexity index is 779. The van der Waals surface area contributed by atoms with Gasteiger partial charge in [-0.3, -0.25) is 4.90 Å². The summed E-state index contributed by atoms with van der Waals surface area (Å²) in [6, 6.07) is 8.81. The van der Waals surface area contributed by atoms with E-state index in [0.29, 0.717) is 6.54 Å². The van der Waals surface area contributed by atoms with E-state index < -0.39 is 11.8 Å². The Hall–Kier alpha value is -2.85. The molecule has 136 valence electrons. The molecule has 0 aliphatic carbocycles. The summed E-state index contributed by atoms with van der Waals surface area (Å²) < 4.78 is 18.7. The number of hydrogen-bond acceptors (Lipinski definition) is 4. The summed E-state index contributed by atoms with van der Waals surface area (Å²) in [6.45, 7) is 2.30. The van der Waals surface area contributed by atoms with Crippen LogP contribution in [0.25, 0.3) is 0 Å². The van der Waals surface area contributed by atoms with Gasteiger partial charge in [0.2, 0.25) is 0 Å². The number of nitrogens with zero attached hydrogens (tertiary/aromatic N) is 2. The number of halogens is 1. The lowest BCUT2D eigenvalue weighted by molar-refractivity contribution is 0.144. The number of likely N-dealkylation sites (tertiary alicyclic amines) is 1. The number of carbonyl (C=O) groups excluding carboxylic acids is 1. The summed E-state index contributed by atoms with van der Waals surface area (Å²) in [5.41, 5.74) is 0.359. The molecule has 1 fully saturated rings. The molecule has 1 aliphatic heterocycles. The van der Waals surface area contributed by atoms with Crippen LogP contribution in [0.4, 0.5) is 14.9 Å². The first-order chi connectivity index (χ1) is 12.7. The highest BCUT2D eigenvalue weighted by Gasteiger charge is 2.25. The molecule has 2 aromatic rings. The Morgan fingerprint density at radius 1 is 1.31 bits per heavy atom. The summed E-state index contributed by atoms with van der Waals surface area (Å²) in [7, 11) is 0. The zero-order valence-corrected chi connectivity index (χ0v) is 14.4. The van der Waals surface area contributed by atoms with Gasteiger partial charge in [-0.15, -0.1) is 0 Å². The minimum absolute atomic E-state index is 0.0419. The average molecular weight is 356 g/mol. The molecule has 2 N–H and O–H groups in total. The number of nitrogens with one attached hydrogen (secondary N) is 2. The highest BCUT2D eigenvalue weighted by Crippen LogP contribution is 2.24. The maximum Gasteiger partial charge on any atom is 0.319 e. The van der Waals surface area contributed by atoms with Gasteiger partial charge in [-0.1, -0.05) is 6.42 Å². The Morgan fingerprint density at radius 2 is 2.12 bits per heavy atom. The molecule has 1 saturated heterocycles. The van der Waals surface area contributed by atoms with Gasteiger partial charge < -0.3 is 15.1 Å². The van der Waals surface area contributed by atoms with Crippen molar-refractivity contribution in [1.82, 2.24) is 10.2 Å². The number of piperidine rings is 1. The van der Waals surface area contributed by atoms with Crippen molar-refractivity contribution in [2.75, 3.05) is 25.0 Å². The number of anilines is 1. The zero-order chi connectivity index (χ0) is 18.4. The molecular weight excluding hydrogens is 335 g/mol. The van der Waals surface area contributed by atoms with Gasteiger partial charge in [-0.2, -0.15) is 5.26 Å². The molecule has 6 nitrogen and oxygen atoms in total. The van der Waals surface area contributed by atoms with E-state index in [4.69, 9.17) is 9.68 Å². The van der Waals surface area contributed by atoms with Crippen molar-refractivity contribution in [1.29, 1.82) is 5.26 Å². The number of hydrogen-bond donors (Lipinski definition) is 2. The molecule has 0 saturated carbocycles. The highest BCUT2D eigenvalue weighted by atomic mass is 19.1. The SMILES string of the molecule is N#Cc1cc(F)ccc1NC(=O)NCC(c1ccco1)N1CCCCC1. The molecule has 1 atom stereocenters. The van der Waals surface area contributed by atoms with Crippen molar-refractivity contribution in [2.45, 2.75) is 25.3 Å². The second-order valence-electron chi connectivity index (χ2n) is 6.26. The first kappa shape index (κ1) is 18.0. The number of benzene rings is 1. The van der Waals surface area contributed by atoms with Crippen molar-refractivity contribution >= 4 is 11.7 Å². The van der Waals surface area contributed by atoms with E-state index in [1.807, 2.05) is 18.2 Å². The molecule has 3 rings (SSSR count). The molecule has 1 aliphatic rings. The van der Waals surface area contributed by atoms with E-state index in [2.05, 4.69) is 15.5 Å². The van der Waals surface area contributed by atoms with E-state index >= 15 is 0 Å². The summed E-state index contributed by atoms with van der Waals surface area (Å²) in [5, 5.41) is 14.5. The lowest BCUT2D eigenvalue weighted by atomic mass is 10.1. The minimum atomic E-state index is -0.518. The Morgan fingerprint density at radius 3 is 2.81 bits per heavy atom. The van der Waals surface area contributed by atoms with Crippen LogP contribution in [0.5, 0.6) is 0 Å². The predicted molar refractivity (Wildman–Crippen MR) is 95.0 cm³/mol. The van der Waals surface area contributed by atoms with Crippen LogP contribution in [0.3, 0.4) is 0 Å². The number of carbonyl (C=O) groups is 1. The fourth-order valence-electron chi connectivity index (χ4n) is 3.19. The second kappa shape index (κ2) is 8.50. The van der Waals surface area contributed by atoms with E-state index in [-0.39, 0.29) is 17.3 Å². The van der Waals surface area contributed by atoms with Crippen LogP contribution in [-0.2, 0) is 0 Å². The van der Waals surface area contributed by atoms with Gasteiger partial charge in [0.15, 0.2) is 0 Å². The quantitative estimate of drug-likeness (QED) is 0.857. The number of rotatable bonds is 5. The van der Waals surface area contributed by atoms with Crippen LogP contribution >= 0.6 is 0 Å². The van der Waals surface area contributed by atoms with Gasteiger partial charge in [0.1, 0.15) is 17.6 Å². The van der Waals surface area contributed by atoms with E-state index in [1.54, 1.807) is 6.26 Å². The van der Waals surface area contributed by atoms with Crippen LogP contribution < -0.4 is 10.6 Å². The second-order valence-corrected chi connectivity index (χ2v) is 6.26. The van der Waals surface area contributed by atoms with E-state index in [1.165, 1.54) is 18.6 Å². The van der Waals surface area contributed by atoms with Gasteiger partial charge >= 0.3 is 6.03 Å². The lowest BCUT2D eigenvalue weighted by Crippen LogP contribution is -2.41. The fraction of sp³-hybridized carbons (Fsp3) is 0.368. The van der Waals surface area contributed by atoms with Crippen LogP contribution in [0.1, 0.15) is 36.6 Å². The van der Waals surface area contributed by atoms with Gasteiger partial charge in [-0.05, 0) is 56.3 Å². The molecule has 1 aromatic heterocycles. The van der Waals surface area contributed by atoms with Crippen molar-refractivity contribution < 1.29 is 13.6 Å². The van der Waals surface area contributed by atoms with Crippen LogP contribution in [-0.4, -0.2) is 30.6 Å². The Kier molecular flexibility index (Phi) is 5.87. The van der Waals surface area contributed by atoms with Crippen LogP contribution in [0.15, 0.2) is 41.0 Å². The summed E-state index contributed by atoms with van der Waals surface area (Å²) >= 11 is 0. The van der Waals surface area contributed by atoms with Crippen molar-refractivity contribution in [3.8, 4) is 6.07 Å². The molecule has 26 heavy (non-hydrogen) atoms. The molecule has 1 aromatic carbocycles. The number of nitriles is 1. The third-order valence-electron chi connectivity index (χ3n) is 4.51. The van der Waals surface area contributed by atoms with E-state index in [0.717, 1.165) is 37.8 Å². The fourth-order valence-corrected chi connectivity index (χ4v) is 3.19. The molecule has 2 heterocycles. The van der Waals surface area contributed by atoms with Gasteiger partial charge in [-0.25, -0.2) is 9.18 Å². The molecule has 1 unspecified atom stereocenters. The first-order valence-electron chi connectivity index (χ1n) is 8.69. The number of furan rings is 1. The van der Waals surface area contributed by atoms with Crippen molar-refractivity contribution in [3.63, 3.8) is 0 Å². The van der Waals surface area contributed by atoms with E-state index in [9.17, 15) is 9.18 Å². The average Bonchev–Trinajstić information content (AvgIpc) is 3.18. The first-order valence-corrected chi connectivity index (χ1v) is 8.69. The maximum absolute atomic E-state index is 13.2. The normalized spacial score (nSPS) is 15.8. The third-order valence-corrected chi connectivity index (χ3v) is 4.51. The molecule has 0 bridgehead atoms. The summed E-state index contributed by atoms with van der Waals surface area (Å²) in [4.78, 5) is 14.6. The lowest BCUT2D eigenvalue weighted by Gasteiger charge is -2.33. The smallest absolute Gasteiger partial charge is 0.319 e.